The minimum Gasteiger partial charge on any atom is -0.379 e. The molecule has 1 fully saturated rings. The molecule has 0 unspecified atom stereocenters. The van der Waals surface area contributed by atoms with E-state index in [1.165, 1.54) is 0 Å². The molecule has 5 nitrogen and oxygen atoms in total. The topological polar surface area (TPSA) is 53.6 Å². The predicted molar refractivity (Wildman–Crippen MR) is 83.3 cm³/mol. The fourth-order valence-corrected chi connectivity index (χ4v) is 2.19. The molecule has 1 aromatic rings. The Morgan fingerprint density at radius 1 is 1.38 bits per heavy atom. The Balaban J connectivity index is 1.64. The SMILES string of the molecule is C#Cc1cccc(NC(=O)NCCCN2CCOCC2)c1. The number of morpholine rings is 1. The zero-order valence-electron chi connectivity index (χ0n) is 12.1. The molecule has 112 valence electrons. The van der Waals surface area contributed by atoms with Gasteiger partial charge in [0.1, 0.15) is 0 Å². The quantitative estimate of drug-likeness (QED) is 0.637. The number of urea groups is 1. The lowest BCUT2D eigenvalue weighted by Gasteiger charge is -2.26. The fraction of sp³-hybridized carbons (Fsp3) is 0.438. The largest absolute Gasteiger partial charge is 0.379 e. The van der Waals surface area contributed by atoms with Gasteiger partial charge in [0, 0.05) is 30.9 Å². The molecule has 0 bridgehead atoms. The van der Waals surface area contributed by atoms with Crippen molar-refractivity contribution in [2.24, 2.45) is 0 Å². The van der Waals surface area contributed by atoms with E-state index in [1.54, 1.807) is 6.07 Å². The first-order valence-electron chi connectivity index (χ1n) is 7.19. The summed E-state index contributed by atoms with van der Waals surface area (Å²) in [7, 11) is 0. The number of carbonyl (C=O) groups excluding carboxylic acids is 1. The number of anilines is 1. The van der Waals surface area contributed by atoms with Crippen LogP contribution in [0.1, 0.15) is 12.0 Å². The lowest BCUT2D eigenvalue weighted by molar-refractivity contribution is 0.0375. The van der Waals surface area contributed by atoms with Crippen LogP contribution in [0, 0.1) is 12.3 Å². The summed E-state index contributed by atoms with van der Waals surface area (Å²) in [6.07, 6.45) is 6.26. The van der Waals surface area contributed by atoms with Crippen molar-refractivity contribution in [3.63, 3.8) is 0 Å². The minimum atomic E-state index is -0.203. The molecule has 21 heavy (non-hydrogen) atoms. The highest BCUT2D eigenvalue weighted by Gasteiger charge is 2.09. The third-order valence-corrected chi connectivity index (χ3v) is 3.33. The van der Waals surface area contributed by atoms with Crippen LogP contribution in [0.25, 0.3) is 0 Å². The van der Waals surface area contributed by atoms with E-state index < -0.39 is 0 Å². The van der Waals surface area contributed by atoms with Crippen molar-refractivity contribution in [3.8, 4) is 12.3 Å². The Morgan fingerprint density at radius 3 is 2.95 bits per heavy atom. The lowest BCUT2D eigenvalue weighted by Crippen LogP contribution is -2.38. The van der Waals surface area contributed by atoms with Gasteiger partial charge in [0.25, 0.3) is 0 Å². The molecule has 1 aromatic carbocycles. The van der Waals surface area contributed by atoms with Crippen LogP contribution in [-0.2, 0) is 4.74 Å². The summed E-state index contributed by atoms with van der Waals surface area (Å²) < 4.78 is 5.29. The number of nitrogens with zero attached hydrogens (tertiary/aromatic N) is 1. The van der Waals surface area contributed by atoms with Crippen molar-refractivity contribution >= 4 is 11.7 Å². The first-order valence-corrected chi connectivity index (χ1v) is 7.19. The monoisotopic (exact) mass is 287 g/mol. The summed E-state index contributed by atoms with van der Waals surface area (Å²) in [5, 5.41) is 5.62. The minimum absolute atomic E-state index is 0.203. The highest BCUT2D eigenvalue weighted by molar-refractivity contribution is 5.89. The first kappa shape index (κ1) is 15.4. The highest BCUT2D eigenvalue weighted by Crippen LogP contribution is 2.09. The third kappa shape index (κ3) is 5.46. The summed E-state index contributed by atoms with van der Waals surface area (Å²) in [4.78, 5) is 14.1. The zero-order chi connectivity index (χ0) is 14.9. The molecule has 1 aliphatic rings. The number of hydrogen-bond donors (Lipinski definition) is 2. The standard InChI is InChI=1S/C16H21N3O2/c1-2-14-5-3-6-15(13-14)18-16(20)17-7-4-8-19-9-11-21-12-10-19/h1,3,5-6,13H,4,7-12H2,(H2,17,18,20). The first-order chi connectivity index (χ1) is 10.3. The number of hydrogen-bond acceptors (Lipinski definition) is 3. The molecular formula is C16H21N3O2. The Kier molecular flexibility index (Phi) is 6.07. The molecule has 5 heteroatoms. The van der Waals surface area contributed by atoms with E-state index in [-0.39, 0.29) is 6.03 Å². The van der Waals surface area contributed by atoms with E-state index in [4.69, 9.17) is 11.2 Å². The zero-order valence-corrected chi connectivity index (χ0v) is 12.1. The van der Waals surface area contributed by atoms with Crippen LogP contribution in [0.15, 0.2) is 24.3 Å². The van der Waals surface area contributed by atoms with Crippen LogP contribution >= 0.6 is 0 Å². The van der Waals surface area contributed by atoms with Crippen molar-refractivity contribution in [1.82, 2.24) is 10.2 Å². The van der Waals surface area contributed by atoms with E-state index in [0.29, 0.717) is 12.2 Å². The van der Waals surface area contributed by atoms with Crippen LogP contribution in [0.3, 0.4) is 0 Å². The maximum atomic E-state index is 11.8. The Bertz CT molecular complexity index is 504. The van der Waals surface area contributed by atoms with Crippen LogP contribution in [0.5, 0.6) is 0 Å². The summed E-state index contributed by atoms with van der Waals surface area (Å²) in [5.74, 6) is 2.54. The van der Waals surface area contributed by atoms with Gasteiger partial charge in [-0.25, -0.2) is 4.79 Å². The number of nitrogens with one attached hydrogen (secondary N) is 2. The van der Waals surface area contributed by atoms with Crippen molar-refractivity contribution in [3.05, 3.63) is 29.8 Å². The molecule has 0 saturated carbocycles. The summed E-state index contributed by atoms with van der Waals surface area (Å²) in [5.41, 5.74) is 1.45. The second-order valence-corrected chi connectivity index (χ2v) is 4.91. The molecule has 0 atom stereocenters. The molecule has 0 aliphatic carbocycles. The number of carbonyl (C=O) groups is 1. The number of benzene rings is 1. The lowest BCUT2D eigenvalue weighted by atomic mass is 10.2. The van der Waals surface area contributed by atoms with E-state index in [2.05, 4.69) is 21.5 Å². The van der Waals surface area contributed by atoms with Gasteiger partial charge in [-0.15, -0.1) is 6.42 Å². The van der Waals surface area contributed by atoms with Crippen molar-refractivity contribution in [2.75, 3.05) is 44.7 Å². The maximum absolute atomic E-state index is 11.8. The van der Waals surface area contributed by atoms with Gasteiger partial charge in [-0.05, 0) is 31.2 Å². The van der Waals surface area contributed by atoms with E-state index in [1.807, 2.05) is 18.2 Å². The predicted octanol–water partition coefficient (Wildman–Crippen LogP) is 1.51. The summed E-state index contributed by atoms with van der Waals surface area (Å²) in [6, 6.07) is 7.03. The Morgan fingerprint density at radius 2 is 2.19 bits per heavy atom. The van der Waals surface area contributed by atoms with E-state index in [9.17, 15) is 4.79 Å². The highest BCUT2D eigenvalue weighted by atomic mass is 16.5. The van der Waals surface area contributed by atoms with Gasteiger partial charge in [-0.3, -0.25) is 4.90 Å². The molecule has 2 amide bonds. The van der Waals surface area contributed by atoms with Crippen LogP contribution < -0.4 is 10.6 Å². The number of ether oxygens (including phenoxy) is 1. The number of rotatable bonds is 5. The summed E-state index contributed by atoms with van der Waals surface area (Å²) in [6.45, 7) is 5.20. The molecule has 2 N–H and O–H groups in total. The van der Waals surface area contributed by atoms with Crippen LogP contribution in [-0.4, -0.2) is 50.3 Å². The van der Waals surface area contributed by atoms with Crippen LogP contribution in [0.4, 0.5) is 10.5 Å². The van der Waals surface area contributed by atoms with Crippen molar-refractivity contribution < 1.29 is 9.53 Å². The smallest absolute Gasteiger partial charge is 0.319 e. The second kappa shape index (κ2) is 8.30. The summed E-state index contributed by atoms with van der Waals surface area (Å²) >= 11 is 0. The maximum Gasteiger partial charge on any atom is 0.319 e. The van der Waals surface area contributed by atoms with Crippen molar-refractivity contribution in [1.29, 1.82) is 0 Å². The van der Waals surface area contributed by atoms with Gasteiger partial charge in [-0.2, -0.15) is 0 Å². The molecule has 1 aliphatic heterocycles. The Hall–Kier alpha value is -2.03. The van der Waals surface area contributed by atoms with Gasteiger partial charge >= 0.3 is 6.03 Å². The molecule has 1 heterocycles. The van der Waals surface area contributed by atoms with Gasteiger partial charge in [-0.1, -0.05) is 12.0 Å². The van der Waals surface area contributed by atoms with Crippen molar-refractivity contribution in [2.45, 2.75) is 6.42 Å². The average molecular weight is 287 g/mol. The molecule has 0 spiro atoms. The fourth-order valence-electron chi connectivity index (χ4n) is 2.19. The van der Waals surface area contributed by atoms with E-state index >= 15 is 0 Å². The molecule has 0 aromatic heterocycles. The van der Waals surface area contributed by atoms with E-state index in [0.717, 1.165) is 44.8 Å². The molecular weight excluding hydrogens is 266 g/mol. The third-order valence-electron chi connectivity index (χ3n) is 3.33. The number of amides is 2. The normalized spacial score (nSPS) is 15.2. The van der Waals surface area contributed by atoms with Gasteiger partial charge < -0.3 is 15.4 Å². The van der Waals surface area contributed by atoms with Gasteiger partial charge in [0.2, 0.25) is 0 Å². The average Bonchev–Trinajstić information content (AvgIpc) is 2.53. The molecule has 2 rings (SSSR count). The Labute approximate surface area is 125 Å². The van der Waals surface area contributed by atoms with Gasteiger partial charge in [0.05, 0.1) is 13.2 Å². The molecule has 1 saturated heterocycles. The second-order valence-electron chi connectivity index (χ2n) is 4.91. The molecule has 0 radical (unpaired) electrons. The van der Waals surface area contributed by atoms with Gasteiger partial charge in [0.15, 0.2) is 0 Å². The van der Waals surface area contributed by atoms with Crippen LogP contribution in [0.2, 0.25) is 0 Å². The number of terminal acetylenes is 1.